The minimum absolute atomic E-state index is 0.0209. The highest BCUT2D eigenvalue weighted by molar-refractivity contribution is 9.09. The number of nitro groups is 1. The molecule has 0 aliphatic rings. The predicted octanol–water partition coefficient (Wildman–Crippen LogP) is 2.74. The van der Waals surface area contributed by atoms with Gasteiger partial charge < -0.3 is 5.32 Å². The molecule has 5 nitrogen and oxygen atoms in total. The number of alkyl halides is 1. The number of nitrogens with one attached hydrogen (secondary N) is 1. The molecule has 0 aliphatic carbocycles. The first-order valence-corrected chi connectivity index (χ1v) is 6.69. The molecule has 0 heterocycles. The van der Waals surface area contributed by atoms with Crippen LogP contribution in [0.25, 0.3) is 0 Å². The lowest BCUT2D eigenvalue weighted by molar-refractivity contribution is -0.384. The molecule has 0 spiro atoms. The second-order valence-corrected chi connectivity index (χ2v) is 4.93. The number of benzene rings is 1. The van der Waals surface area contributed by atoms with Gasteiger partial charge in [0, 0.05) is 29.1 Å². The van der Waals surface area contributed by atoms with Gasteiger partial charge in [-0.1, -0.05) is 29.8 Å². The van der Waals surface area contributed by atoms with Gasteiger partial charge in [0.25, 0.3) is 11.6 Å². The molecule has 0 saturated carbocycles. The molecule has 1 aromatic carbocycles. The zero-order valence-corrected chi connectivity index (χ0v) is 11.8. The number of amides is 1. The van der Waals surface area contributed by atoms with E-state index in [1.165, 1.54) is 24.3 Å². The Kier molecular flexibility index (Phi) is 5.27. The first kappa shape index (κ1) is 14.6. The zero-order chi connectivity index (χ0) is 13.7. The summed E-state index contributed by atoms with van der Waals surface area (Å²) in [4.78, 5) is 21.9. The van der Waals surface area contributed by atoms with Gasteiger partial charge in [0.15, 0.2) is 0 Å². The van der Waals surface area contributed by atoms with E-state index in [4.69, 9.17) is 0 Å². The van der Waals surface area contributed by atoms with Crippen molar-refractivity contribution in [1.29, 1.82) is 0 Å². The molecule has 0 aliphatic heterocycles. The van der Waals surface area contributed by atoms with Gasteiger partial charge >= 0.3 is 0 Å². The summed E-state index contributed by atoms with van der Waals surface area (Å²) >= 11 is 3.34. The first-order chi connectivity index (χ1) is 8.45. The fourth-order valence-electron chi connectivity index (χ4n) is 1.37. The van der Waals surface area contributed by atoms with Gasteiger partial charge in [-0.15, -0.1) is 0 Å². The highest BCUT2D eigenvalue weighted by Gasteiger charge is 2.16. The van der Waals surface area contributed by atoms with Crippen molar-refractivity contribution in [3.63, 3.8) is 0 Å². The third-order valence-electron chi connectivity index (χ3n) is 2.63. The van der Waals surface area contributed by atoms with Crippen molar-refractivity contribution >= 4 is 27.5 Å². The average molecular weight is 315 g/mol. The topological polar surface area (TPSA) is 72.2 Å². The van der Waals surface area contributed by atoms with Crippen molar-refractivity contribution in [3.8, 4) is 0 Å². The molecule has 0 bridgehead atoms. The highest BCUT2D eigenvalue weighted by atomic mass is 79.9. The fraction of sp³-hybridized carbons (Fsp3) is 0.417. The van der Waals surface area contributed by atoms with Crippen LogP contribution in [-0.4, -0.2) is 22.2 Å². The number of carbonyl (C=O) groups excluding carboxylic acids is 1. The minimum Gasteiger partial charge on any atom is -0.348 e. The molecule has 0 aromatic heterocycles. The number of halogens is 1. The van der Waals surface area contributed by atoms with E-state index < -0.39 is 4.92 Å². The maximum Gasteiger partial charge on any atom is 0.269 e. The molecule has 6 heteroatoms. The summed E-state index contributed by atoms with van der Waals surface area (Å²) in [6.07, 6.45) is 0. The molecule has 0 saturated heterocycles. The van der Waals surface area contributed by atoms with Crippen molar-refractivity contribution in [1.82, 2.24) is 5.32 Å². The number of nitro benzene ring substituents is 1. The van der Waals surface area contributed by atoms with Crippen LogP contribution in [0.15, 0.2) is 24.3 Å². The first-order valence-electron chi connectivity index (χ1n) is 5.57. The van der Waals surface area contributed by atoms with Gasteiger partial charge in [0.2, 0.25) is 0 Å². The Hall–Kier alpha value is -1.43. The van der Waals surface area contributed by atoms with E-state index in [0.717, 1.165) is 0 Å². The summed E-state index contributed by atoms with van der Waals surface area (Å²) in [5, 5.41) is 14.0. The summed E-state index contributed by atoms with van der Waals surface area (Å²) in [7, 11) is 0. The van der Waals surface area contributed by atoms with E-state index >= 15 is 0 Å². The van der Waals surface area contributed by atoms with E-state index in [1.54, 1.807) is 0 Å². The van der Waals surface area contributed by atoms with E-state index in [1.807, 2.05) is 13.8 Å². The molecule has 18 heavy (non-hydrogen) atoms. The second-order valence-electron chi connectivity index (χ2n) is 4.28. The Morgan fingerprint density at radius 1 is 1.39 bits per heavy atom. The fourth-order valence-corrected chi connectivity index (χ4v) is 2.28. The van der Waals surface area contributed by atoms with Gasteiger partial charge in [-0.2, -0.15) is 0 Å². The molecule has 1 unspecified atom stereocenters. The van der Waals surface area contributed by atoms with Crippen molar-refractivity contribution < 1.29 is 9.72 Å². The predicted molar refractivity (Wildman–Crippen MR) is 73.0 cm³/mol. The van der Waals surface area contributed by atoms with Crippen LogP contribution >= 0.6 is 15.9 Å². The molecule has 98 valence electrons. The molecule has 1 atom stereocenters. The Morgan fingerprint density at radius 3 is 2.33 bits per heavy atom. The van der Waals surface area contributed by atoms with Gasteiger partial charge in [0.05, 0.1) is 4.92 Å². The quantitative estimate of drug-likeness (QED) is 0.516. The second kappa shape index (κ2) is 6.49. The van der Waals surface area contributed by atoms with E-state index in [-0.39, 0.29) is 17.6 Å². The molecule has 1 aromatic rings. The van der Waals surface area contributed by atoms with Crippen molar-refractivity contribution in [2.45, 2.75) is 19.9 Å². The minimum atomic E-state index is -0.489. The maximum absolute atomic E-state index is 11.9. The van der Waals surface area contributed by atoms with Crippen molar-refractivity contribution in [3.05, 3.63) is 39.9 Å². The van der Waals surface area contributed by atoms with Gasteiger partial charge in [-0.3, -0.25) is 14.9 Å². The van der Waals surface area contributed by atoms with Gasteiger partial charge in [-0.25, -0.2) is 0 Å². The van der Waals surface area contributed by atoms with Crippen molar-refractivity contribution in [2.75, 3.05) is 5.33 Å². The zero-order valence-electron chi connectivity index (χ0n) is 10.2. The van der Waals surface area contributed by atoms with Gasteiger partial charge in [-0.05, 0) is 18.1 Å². The van der Waals surface area contributed by atoms with E-state index in [0.29, 0.717) is 16.8 Å². The van der Waals surface area contributed by atoms with E-state index in [9.17, 15) is 14.9 Å². The molecule has 0 radical (unpaired) electrons. The number of non-ortho nitro benzene ring substituents is 1. The van der Waals surface area contributed by atoms with Crippen molar-refractivity contribution in [2.24, 2.45) is 5.92 Å². The summed E-state index contributed by atoms with van der Waals surface area (Å²) in [6.45, 7) is 4.03. The lowest BCUT2D eigenvalue weighted by Gasteiger charge is -2.19. The Balaban J connectivity index is 2.75. The van der Waals surface area contributed by atoms with Crippen LogP contribution < -0.4 is 5.32 Å². The van der Waals surface area contributed by atoms with Gasteiger partial charge in [0.1, 0.15) is 0 Å². The molecule has 0 fully saturated rings. The molecule has 1 N–H and O–H groups in total. The monoisotopic (exact) mass is 314 g/mol. The van der Waals surface area contributed by atoms with Crippen LogP contribution in [0.3, 0.4) is 0 Å². The summed E-state index contributed by atoms with van der Waals surface area (Å²) in [5.41, 5.74) is 0.402. The normalized spacial score (nSPS) is 12.2. The van der Waals surface area contributed by atoms with Crippen LogP contribution in [0.2, 0.25) is 0 Å². The smallest absolute Gasteiger partial charge is 0.269 e. The van der Waals surface area contributed by atoms with Crippen LogP contribution in [0.5, 0.6) is 0 Å². The average Bonchev–Trinajstić information content (AvgIpc) is 2.35. The molecule has 1 rings (SSSR count). The Bertz CT molecular complexity index is 431. The Labute approximate surface area is 114 Å². The number of nitrogens with zero attached hydrogens (tertiary/aromatic N) is 1. The summed E-state index contributed by atoms with van der Waals surface area (Å²) in [5.74, 6) is 0.0921. The summed E-state index contributed by atoms with van der Waals surface area (Å²) in [6, 6.07) is 5.60. The lowest BCUT2D eigenvalue weighted by atomic mass is 10.1. The van der Waals surface area contributed by atoms with Crippen LogP contribution in [-0.2, 0) is 0 Å². The third kappa shape index (κ3) is 3.80. The molecular weight excluding hydrogens is 300 g/mol. The number of hydrogen-bond acceptors (Lipinski definition) is 3. The van der Waals surface area contributed by atoms with Crippen LogP contribution in [0.4, 0.5) is 5.69 Å². The standard InChI is InChI=1S/C12H15BrN2O3/c1-8(2)11(7-13)14-12(16)9-3-5-10(6-4-9)15(17)18/h3-6,8,11H,7H2,1-2H3,(H,14,16). The number of hydrogen-bond donors (Lipinski definition) is 1. The number of carbonyl (C=O) groups is 1. The molecular formula is C12H15BrN2O3. The maximum atomic E-state index is 11.9. The third-order valence-corrected chi connectivity index (χ3v) is 3.33. The lowest BCUT2D eigenvalue weighted by Crippen LogP contribution is -2.39. The number of rotatable bonds is 5. The van der Waals surface area contributed by atoms with Crippen LogP contribution in [0, 0.1) is 16.0 Å². The van der Waals surface area contributed by atoms with Crippen LogP contribution in [0.1, 0.15) is 24.2 Å². The largest absolute Gasteiger partial charge is 0.348 e. The Morgan fingerprint density at radius 2 is 1.94 bits per heavy atom. The van der Waals surface area contributed by atoms with E-state index in [2.05, 4.69) is 21.2 Å². The molecule has 1 amide bonds. The summed E-state index contributed by atoms with van der Waals surface area (Å²) < 4.78 is 0. The SMILES string of the molecule is CC(C)C(CBr)NC(=O)c1ccc([N+](=O)[O-])cc1. The highest BCUT2D eigenvalue weighted by Crippen LogP contribution is 2.13.